The summed E-state index contributed by atoms with van der Waals surface area (Å²) in [5.41, 5.74) is 4.95. The van der Waals surface area contributed by atoms with Crippen molar-refractivity contribution in [3.63, 3.8) is 0 Å². The van der Waals surface area contributed by atoms with Crippen LogP contribution in [0.4, 0.5) is 14.7 Å². The van der Waals surface area contributed by atoms with Gasteiger partial charge < -0.3 is 9.88 Å². The first-order valence-corrected chi connectivity index (χ1v) is 10.1. The van der Waals surface area contributed by atoms with Crippen LogP contribution in [0, 0.1) is 25.5 Å². The Labute approximate surface area is 177 Å². The van der Waals surface area contributed by atoms with Crippen LogP contribution in [0.2, 0.25) is 5.02 Å². The van der Waals surface area contributed by atoms with E-state index in [1.165, 1.54) is 6.20 Å². The monoisotopic (exact) mass is 424 g/mol. The molecule has 0 bridgehead atoms. The van der Waals surface area contributed by atoms with Crippen molar-refractivity contribution in [2.24, 2.45) is 0 Å². The number of hydrogen-bond donors (Lipinski definition) is 1. The van der Waals surface area contributed by atoms with Crippen molar-refractivity contribution in [1.29, 1.82) is 0 Å². The van der Waals surface area contributed by atoms with Crippen LogP contribution < -0.4 is 4.90 Å². The van der Waals surface area contributed by atoms with E-state index in [1.807, 2.05) is 36.1 Å². The predicted octanol–water partition coefficient (Wildman–Crippen LogP) is 5.66. The molecule has 0 spiro atoms. The number of benzene rings is 2. The Morgan fingerprint density at radius 1 is 1.10 bits per heavy atom. The van der Waals surface area contributed by atoms with Gasteiger partial charge in [0.1, 0.15) is 0 Å². The number of nitrogens with one attached hydrogen (secondary N) is 1. The lowest BCUT2D eigenvalue weighted by Crippen LogP contribution is -2.37. The van der Waals surface area contributed by atoms with Crippen molar-refractivity contribution < 1.29 is 8.78 Å². The molecule has 2 aromatic carbocycles. The van der Waals surface area contributed by atoms with E-state index in [1.54, 1.807) is 19.1 Å². The number of aromatic nitrogens is 3. The highest BCUT2D eigenvalue weighted by atomic mass is 35.5. The topological polar surface area (TPSA) is 44.8 Å². The second-order valence-electron chi connectivity index (χ2n) is 7.66. The maximum absolute atomic E-state index is 14.9. The van der Waals surface area contributed by atoms with Crippen LogP contribution in [0.1, 0.15) is 34.1 Å². The van der Waals surface area contributed by atoms with Gasteiger partial charge in [-0.3, -0.25) is 0 Å². The molecule has 1 aliphatic rings. The molecule has 0 radical (unpaired) electrons. The summed E-state index contributed by atoms with van der Waals surface area (Å²) in [7, 11) is 0. The summed E-state index contributed by atoms with van der Waals surface area (Å²) in [6.45, 7) is 4.22. The minimum Gasteiger partial charge on any atom is -0.356 e. The normalized spacial score (nSPS) is 16.2. The van der Waals surface area contributed by atoms with Crippen LogP contribution >= 0.6 is 11.6 Å². The first-order chi connectivity index (χ1) is 14.4. The molecule has 30 heavy (non-hydrogen) atoms. The second kappa shape index (κ2) is 7.06. The van der Waals surface area contributed by atoms with Crippen LogP contribution in [0.3, 0.4) is 0 Å². The molecule has 0 amide bonds. The van der Waals surface area contributed by atoms with Gasteiger partial charge in [0.15, 0.2) is 11.6 Å². The smallest absolute Gasteiger partial charge is 0.226 e. The minimum atomic E-state index is -0.439. The molecular formula is C23H19ClF2N4. The quantitative estimate of drug-likeness (QED) is 0.451. The fraction of sp³-hybridized carbons (Fsp3) is 0.217. The van der Waals surface area contributed by atoms with Gasteiger partial charge in [0.05, 0.1) is 23.0 Å². The van der Waals surface area contributed by atoms with Gasteiger partial charge in [-0.2, -0.15) is 0 Å². The van der Waals surface area contributed by atoms with E-state index in [0.29, 0.717) is 35.5 Å². The zero-order valence-corrected chi connectivity index (χ0v) is 17.3. The van der Waals surface area contributed by atoms with E-state index in [4.69, 9.17) is 11.6 Å². The molecular weight excluding hydrogens is 406 g/mol. The third-order valence-corrected chi connectivity index (χ3v) is 6.03. The second-order valence-corrected chi connectivity index (χ2v) is 8.07. The highest BCUT2D eigenvalue weighted by Crippen LogP contribution is 2.41. The third-order valence-electron chi connectivity index (χ3n) is 5.74. The van der Waals surface area contributed by atoms with Crippen LogP contribution in [0.5, 0.6) is 0 Å². The number of nitrogens with zero attached hydrogens (tertiary/aromatic N) is 3. The summed E-state index contributed by atoms with van der Waals surface area (Å²) >= 11 is 6.06. The first kappa shape index (κ1) is 19.0. The Kier molecular flexibility index (Phi) is 4.47. The average molecular weight is 425 g/mol. The van der Waals surface area contributed by atoms with Crippen molar-refractivity contribution in [3.8, 4) is 0 Å². The standard InChI is InChI=1S/C23H19ClF2N4/c1-12-3-5-14(6-4-12)22-21-15(19-18(29-21)8-7-16(24)20(19)26)9-10-30(22)23-27-11-17(25)13(2)28-23/h3-8,11,22,29H,9-10H2,1-2H3. The first-order valence-electron chi connectivity index (χ1n) is 9.75. The Hall–Kier alpha value is -2.99. The van der Waals surface area contributed by atoms with E-state index in [9.17, 15) is 8.78 Å². The molecule has 2 aromatic heterocycles. The van der Waals surface area contributed by atoms with Crippen LogP contribution in [-0.2, 0) is 6.42 Å². The SMILES string of the molecule is Cc1ccc(C2c3[nH]c4ccc(Cl)c(F)c4c3CCN2c2ncc(F)c(C)n2)cc1. The van der Waals surface area contributed by atoms with Gasteiger partial charge in [-0.25, -0.2) is 18.7 Å². The van der Waals surface area contributed by atoms with Crippen molar-refractivity contribution in [2.45, 2.75) is 26.3 Å². The number of hydrogen-bond acceptors (Lipinski definition) is 3. The van der Waals surface area contributed by atoms with Gasteiger partial charge in [0.25, 0.3) is 0 Å². The predicted molar refractivity (Wildman–Crippen MR) is 114 cm³/mol. The molecule has 3 heterocycles. The van der Waals surface area contributed by atoms with Gasteiger partial charge in [0, 0.05) is 23.1 Å². The van der Waals surface area contributed by atoms with Crippen molar-refractivity contribution in [2.75, 3.05) is 11.4 Å². The molecule has 4 nitrogen and oxygen atoms in total. The molecule has 152 valence electrons. The summed E-state index contributed by atoms with van der Waals surface area (Å²) in [6.07, 6.45) is 1.79. The van der Waals surface area contributed by atoms with E-state index < -0.39 is 11.6 Å². The Morgan fingerprint density at radius 2 is 1.87 bits per heavy atom. The molecule has 7 heteroatoms. The number of aromatic amines is 1. The Bertz CT molecular complexity index is 1270. The molecule has 0 fully saturated rings. The fourth-order valence-electron chi connectivity index (χ4n) is 4.20. The highest BCUT2D eigenvalue weighted by Gasteiger charge is 2.34. The van der Waals surface area contributed by atoms with Crippen molar-refractivity contribution >= 4 is 28.5 Å². The maximum Gasteiger partial charge on any atom is 0.226 e. The molecule has 0 saturated carbocycles. The number of aryl methyl sites for hydroxylation is 2. The molecule has 0 aliphatic carbocycles. The van der Waals surface area contributed by atoms with E-state index in [2.05, 4.69) is 15.0 Å². The fourth-order valence-corrected chi connectivity index (χ4v) is 4.36. The lowest BCUT2D eigenvalue weighted by Gasteiger charge is -2.36. The number of fused-ring (bicyclic) bond motifs is 3. The zero-order valence-electron chi connectivity index (χ0n) is 16.5. The molecule has 0 saturated heterocycles. The number of H-pyrrole nitrogens is 1. The van der Waals surface area contributed by atoms with Gasteiger partial charge in [-0.1, -0.05) is 41.4 Å². The highest BCUT2D eigenvalue weighted by molar-refractivity contribution is 6.31. The molecule has 5 rings (SSSR count). The summed E-state index contributed by atoms with van der Waals surface area (Å²) in [4.78, 5) is 14.1. The third kappa shape index (κ3) is 2.94. The van der Waals surface area contributed by atoms with Crippen LogP contribution in [0.15, 0.2) is 42.6 Å². The van der Waals surface area contributed by atoms with E-state index in [-0.39, 0.29) is 11.1 Å². The largest absolute Gasteiger partial charge is 0.356 e. The van der Waals surface area contributed by atoms with Gasteiger partial charge >= 0.3 is 0 Å². The maximum atomic E-state index is 14.9. The van der Waals surface area contributed by atoms with Crippen molar-refractivity contribution in [1.82, 2.24) is 15.0 Å². The lowest BCUT2D eigenvalue weighted by atomic mass is 9.92. The van der Waals surface area contributed by atoms with E-state index in [0.717, 1.165) is 22.4 Å². The van der Waals surface area contributed by atoms with Gasteiger partial charge in [-0.15, -0.1) is 0 Å². The lowest BCUT2D eigenvalue weighted by molar-refractivity contribution is 0.585. The summed E-state index contributed by atoms with van der Waals surface area (Å²) in [5.74, 6) is -0.399. The van der Waals surface area contributed by atoms with Gasteiger partial charge in [-0.05, 0) is 43.5 Å². The van der Waals surface area contributed by atoms with Crippen molar-refractivity contribution in [3.05, 3.63) is 87.3 Å². The molecule has 1 unspecified atom stereocenters. The molecule has 1 N–H and O–H groups in total. The molecule has 1 aliphatic heterocycles. The van der Waals surface area contributed by atoms with Crippen LogP contribution in [-0.4, -0.2) is 21.5 Å². The minimum absolute atomic E-state index is 0.108. The average Bonchev–Trinajstić information content (AvgIpc) is 3.12. The molecule has 4 aromatic rings. The summed E-state index contributed by atoms with van der Waals surface area (Å²) in [6, 6.07) is 11.3. The van der Waals surface area contributed by atoms with Gasteiger partial charge in [0.2, 0.25) is 5.95 Å². The Balaban J connectivity index is 1.73. The number of rotatable bonds is 2. The van der Waals surface area contributed by atoms with E-state index >= 15 is 0 Å². The number of halogens is 3. The molecule has 1 atom stereocenters. The summed E-state index contributed by atoms with van der Waals surface area (Å²) < 4.78 is 28.7. The zero-order chi connectivity index (χ0) is 21.0. The Morgan fingerprint density at radius 3 is 2.60 bits per heavy atom. The summed E-state index contributed by atoms with van der Waals surface area (Å²) in [5, 5.41) is 0.640. The van der Waals surface area contributed by atoms with Crippen LogP contribution in [0.25, 0.3) is 10.9 Å². The number of anilines is 1.